The second kappa shape index (κ2) is 6.30. The fraction of sp³-hybridized carbons (Fsp3) is 0.500. The molecule has 1 rings (SSSR count). The van der Waals surface area contributed by atoms with Crippen LogP contribution in [-0.4, -0.2) is 26.4 Å². The Morgan fingerprint density at radius 3 is 2.87 bits per heavy atom. The maximum absolute atomic E-state index is 5.42. The fourth-order valence-electron chi connectivity index (χ4n) is 1.42. The molecule has 0 saturated heterocycles. The van der Waals surface area contributed by atoms with E-state index in [0.29, 0.717) is 19.3 Å². The second-order valence-electron chi connectivity index (χ2n) is 3.46. The van der Waals surface area contributed by atoms with E-state index in [2.05, 4.69) is 12.2 Å². The van der Waals surface area contributed by atoms with Gasteiger partial charge in [-0.3, -0.25) is 0 Å². The van der Waals surface area contributed by atoms with Gasteiger partial charge in [-0.15, -0.1) is 0 Å². The molecule has 3 heteroatoms. The zero-order valence-corrected chi connectivity index (χ0v) is 9.62. The molecular formula is C12H19NO2. The minimum atomic E-state index is 0.298. The summed E-state index contributed by atoms with van der Waals surface area (Å²) in [5, 5.41) is 3.34. The molecule has 0 saturated carbocycles. The van der Waals surface area contributed by atoms with Crippen molar-refractivity contribution in [1.82, 2.24) is 0 Å². The molecule has 0 aliphatic carbocycles. The van der Waals surface area contributed by atoms with Crippen LogP contribution < -0.4 is 10.1 Å². The zero-order chi connectivity index (χ0) is 11.1. The molecule has 0 aliphatic heterocycles. The highest BCUT2D eigenvalue weighted by Gasteiger charge is 2.01. The van der Waals surface area contributed by atoms with Crippen LogP contribution in [0.4, 0.5) is 5.69 Å². The third-order valence-corrected chi connectivity index (χ3v) is 1.97. The second-order valence-corrected chi connectivity index (χ2v) is 3.46. The third kappa shape index (κ3) is 4.21. The fourth-order valence-corrected chi connectivity index (χ4v) is 1.42. The van der Waals surface area contributed by atoms with Gasteiger partial charge >= 0.3 is 0 Å². The molecule has 0 spiro atoms. The predicted molar refractivity (Wildman–Crippen MR) is 62.6 cm³/mol. The number of methoxy groups -OCH3 is 1. The maximum atomic E-state index is 5.42. The molecule has 1 aromatic carbocycles. The van der Waals surface area contributed by atoms with Crippen LogP contribution in [0.15, 0.2) is 24.3 Å². The largest absolute Gasteiger partial charge is 0.494 e. The van der Waals surface area contributed by atoms with Crippen molar-refractivity contribution < 1.29 is 9.47 Å². The standard InChI is InChI=1S/C12H19NO2/c1-4-15-12-7-5-6-11(8-12)13-10(2)9-14-3/h5-8,10,13H,4,9H2,1-3H3/t10-/m0/s1. The molecular weight excluding hydrogens is 190 g/mol. The van der Waals surface area contributed by atoms with Crippen LogP contribution >= 0.6 is 0 Å². The topological polar surface area (TPSA) is 30.5 Å². The van der Waals surface area contributed by atoms with Crippen molar-refractivity contribution in [2.45, 2.75) is 19.9 Å². The number of ether oxygens (including phenoxy) is 2. The lowest BCUT2D eigenvalue weighted by Gasteiger charge is -2.14. The molecule has 0 amide bonds. The summed E-state index contributed by atoms with van der Waals surface area (Å²) in [7, 11) is 1.70. The van der Waals surface area contributed by atoms with Crippen LogP contribution in [0.25, 0.3) is 0 Å². The van der Waals surface area contributed by atoms with Gasteiger partial charge in [0.05, 0.1) is 13.2 Å². The highest BCUT2D eigenvalue weighted by atomic mass is 16.5. The first-order chi connectivity index (χ1) is 7.26. The number of hydrogen-bond donors (Lipinski definition) is 1. The molecule has 84 valence electrons. The number of rotatable bonds is 6. The van der Waals surface area contributed by atoms with Crippen molar-refractivity contribution in [3.8, 4) is 5.75 Å². The summed E-state index contributed by atoms with van der Waals surface area (Å²) >= 11 is 0. The summed E-state index contributed by atoms with van der Waals surface area (Å²) in [4.78, 5) is 0. The number of nitrogens with one attached hydrogen (secondary N) is 1. The van der Waals surface area contributed by atoms with E-state index in [1.54, 1.807) is 7.11 Å². The van der Waals surface area contributed by atoms with E-state index in [1.807, 2.05) is 31.2 Å². The molecule has 3 nitrogen and oxygen atoms in total. The molecule has 15 heavy (non-hydrogen) atoms. The first-order valence-corrected chi connectivity index (χ1v) is 5.24. The molecule has 0 fully saturated rings. The van der Waals surface area contributed by atoms with Crippen LogP contribution in [0.1, 0.15) is 13.8 Å². The minimum absolute atomic E-state index is 0.298. The van der Waals surface area contributed by atoms with Gasteiger partial charge < -0.3 is 14.8 Å². The summed E-state index contributed by atoms with van der Waals surface area (Å²) in [6.45, 7) is 5.44. The SMILES string of the molecule is CCOc1cccc(N[C@@H](C)COC)c1. The zero-order valence-electron chi connectivity index (χ0n) is 9.62. The van der Waals surface area contributed by atoms with E-state index >= 15 is 0 Å². The van der Waals surface area contributed by atoms with Crippen LogP contribution in [0, 0.1) is 0 Å². The van der Waals surface area contributed by atoms with E-state index in [-0.39, 0.29) is 0 Å². The lowest BCUT2D eigenvalue weighted by Crippen LogP contribution is -2.20. The van der Waals surface area contributed by atoms with Crippen molar-refractivity contribution in [3.05, 3.63) is 24.3 Å². The Balaban J connectivity index is 2.56. The van der Waals surface area contributed by atoms with Crippen molar-refractivity contribution in [2.75, 3.05) is 25.6 Å². The first-order valence-electron chi connectivity index (χ1n) is 5.24. The van der Waals surface area contributed by atoms with Gasteiger partial charge in [0, 0.05) is 24.9 Å². The van der Waals surface area contributed by atoms with E-state index < -0.39 is 0 Å². The molecule has 1 atom stereocenters. The van der Waals surface area contributed by atoms with Gasteiger partial charge in [-0.2, -0.15) is 0 Å². The van der Waals surface area contributed by atoms with Gasteiger partial charge in [0.25, 0.3) is 0 Å². The van der Waals surface area contributed by atoms with Gasteiger partial charge in [0.15, 0.2) is 0 Å². The Morgan fingerprint density at radius 2 is 2.20 bits per heavy atom. The summed E-state index contributed by atoms with van der Waals surface area (Å²) in [6.07, 6.45) is 0. The number of anilines is 1. The smallest absolute Gasteiger partial charge is 0.121 e. The quantitative estimate of drug-likeness (QED) is 0.781. The highest BCUT2D eigenvalue weighted by molar-refractivity contribution is 5.48. The lowest BCUT2D eigenvalue weighted by molar-refractivity contribution is 0.190. The summed E-state index contributed by atoms with van der Waals surface area (Å²) in [5.41, 5.74) is 1.06. The molecule has 0 heterocycles. The van der Waals surface area contributed by atoms with Crippen LogP contribution in [0.3, 0.4) is 0 Å². The van der Waals surface area contributed by atoms with Gasteiger partial charge in [-0.1, -0.05) is 6.07 Å². The maximum Gasteiger partial charge on any atom is 0.121 e. The van der Waals surface area contributed by atoms with Gasteiger partial charge in [0.1, 0.15) is 5.75 Å². The Kier molecular flexibility index (Phi) is 4.98. The van der Waals surface area contributed by atoms with E-state index in [0.717, 1.165) is 11.4 Å². The van der Waals surface area contributed by atoms with Crippen LogP contribution in [-0.2, 0) is 4.74 Å². The van der Waals surface area contributed by atoms with E-state index in [4.69, 9.17) is 9.47 Å². The minimum Gasteiger partial charge on any atom is -0.494 e. The van der Waals surface area contributed by atoms with Gasteiger partial charge in [0.2, 0.25) is 0 Å². The summed E-state index contributed by atoms with van der Waals surface area (Å²) in [5.74, 6) is 0.895. The van der Waals surface area contributed by atoms with Gasteiger partial charge in [-0.05, 0) is 26.0 Å². The average molecular weight is 209 g/mol. The Bertz CT molecular complexity index is 289. The number of benzene rings is 1. The Hall–Kier alpha value is -1.22. The molecule has 0 aliphatic rings. The highest BCUT2D eigenvalue weighted by Crippen LogP contribution is 2.17. The molecule has 0 bridgehead atoms. The average Bonchev–Trinajstić information content (AvgIpc) is 2.19. The summed E-state index contributed by atoms with van der Waals surface area (Å²) < 4.78 is 10.5. The van der Waals surface area contributed by atoms with Crippen molar-refractivity contribution in [1.29, 1.82) is 0 Å². The van der Waals surface area contributed by atoms with E-state index in [1.165, 1.54) is 0 Å². The van der Waals surface area contributed by atoms with Crippen LogP contribution in [0.5, 0.6) is 5.75 Å². The molecule has 0 aromatic heterocycles. The first kappa shape index (κ1) is 11.9. The van der Waals surface area contributed by atoms with Crippen molar-refractivity contribution in [2.24, 2.45) is 0 Å². The summed E-state index contributed by atoms with van der Waals surface area (Å²) in [6, 6.07) is 8.25. The molecule has 1 aromatic rings. The molecule has 0 unspecified atom stereocenters. The Labute approximate surface area is 91.4 Å². The Morgan fingerprint density at radius 1 is 1.40 bits per heavy atom. The third-order valence-electron chi connectivity index (χ3n) is 1.97. The normalized spacial score (nSPS) is 12.2. The van der Waals surface area contributed by atoms with Crippen LogP contribution in [0.2, 0.25) is 0 Å². The molecule has 0 radical (unpaired) electrons. The monoisotopic (exact) mass is 209 g/mol. The lowest BCUT2D eigenvalue weighted by atomic mass is 10.2. The number of hydrogen-bond acceptors (Lipinski definition) is 3. The van der Waals surface area contributed by atoms with Crippen molar-refractivity contribution in [3.63, 3.8) is 0 Å². The van der Waals surface area contributed by atoms with E-state index in [9.17, 15) is 0 Å². The van der Waals surface area contributed by atoms with Gasteiger partial charge in [-0.25, -0.2) is 0 Å². The predicted octanol–water partition coefficient (Wildman–Crippen LogP) is 2.53. The van der Waals surface area contributed by atoms with Crippen molar-refractivity contribution >= 4 is 5.69 Å². The molecule has 1 N–H and O–H groups in total.